The molecule has 0 atom stereocenters. The van der Waals surface area contributed by atoms with Crippen LogP contribution in [0, 0.1) is 13.8 Å². The fourth-order valence-corrected chi connectivity index (χ4v) is 0.769. The summed E-state index contributed by atoms with van der Waals surface area (Å²) in [5.74, 6) is 0. The summed E-state index contributed by atoms with van der Waals surface area (Å²) in [6.07, 6.45) is 1.75. The largest absolute Gasteiger partial charge is 0.497 e. The number of hydrogen-bond acceptors (Lipinski definition) is 0. The molecule has 0 aromatic carbocycles. The van der Waals surface area contributed by atoms with Crippen molar-refractivity contribution in [2.24, 2.45) is 0 Å². The molecule has 0 unspecified atom stereocenters. The van der Waals surface area contributed by atoms with Crippen LogP contribution in [0.25, 0.3) is 5.53 Å². The van der Waals surface area contributed by atoms with Crippen molar-refractivity contribution in [2.75, 3.05) is 0 Å². The molecule has 0 aliphatic heterocycles. The quantitative estimate of drug-likeness (QED) is 0.403. The summed E-state index contributed by atoms with van der Waals surface area (Å²) in [4.78, 5) is 5.89. The van der Waals surface area contributed by atoms with Crippen molar-refractivity contribution in [2.45, 2.75) is 13.8 Å². The average molecular weight is 135 g/mol. The van der Waals surface area contributed by atoms with Crippen LogP contribution in [-0.2, 0) is 0 Å². The maximum atomic E-state index is 8.44. The fourth-order valence-electron chi connectivity index (χ4n) is 0.769. The third-order valence-electron chi connectivity index (χ3n) is 1.60. The highest BCUT2D eigenvalue weighted by Gasteiger charge is 1.97. The van der Waals surface area contributed by atoms with Crippen molar-refractivity contribution in [3.05, 3.63) is 34.4 Å². The number of aromatic nitrogens is 1. The highest BCUT2D eigenvalue weighted by molar-refractivity contribution is 5.17. The summed E-state index contributed by atoms with van der Waals surface area (Å²) >= 11 is 0. The van der Waals surface area contributed by atoms with Crippen LogP contribution < -0.4 is 5.49 Å². The van der Waals surface area contributed by atoms with E-state index in [1.807, 2.05) is 19.9 Å². The smallest absolute Gasteiger partial charge is 0.360 e. The monoisotopic (exact) mass is 135 g/mol. The van der Waals surface area contributed by atoms with Crippen LogP contribution in [0.15, 0.2) is 12.3 Å². The summed E-state index contributed by atoms with van der Waals surface area (Å²) in [5, 5.41) is 0. The van der Waals surface area contributed by atoms with E-state index in [9.17, 15) is 0 Å². The van der Waals surface area contributed by atoms with Crippen molar-refractivity contribution in [1.82, 2.24) is 4.98 Å². The Bertz CT molecular complexity index is 318. The van der Waals surface area contributed by atoms with Crippen molar-refractivity contribution in [1.29, 1.82) is 0 Å². The molecule has 1 aromatic heterocycles. The molecule has 0 aliphatic carbocycles. The van der Waals surface area contributed by atoms with Gasteiger partial charge in [0.25, 0.3) is 0 Å². The zero-order valence-corrected chi connectivity index (χ0v) is 6.05. The number of pyridine rings is 1. The lowest BCUT2D eigenvalue weighted by Crippen LogP contribution is -2.13. The highest BCUT2D eigenvalue weighted by Crippen LogP contribution is 1.95. The summed E-state index contributed by atoms with van der Waals surface area (Å²) in [6, 6.07) is 1.93. The van der Waals surface area contributed by atoms with E-state index in [1.54, 1.807) is 6.20 Å². The van der Waals surface area contributed by atoms with Gasteiger partial charge in [0.1, 0.15) is 0 Å². The topological polar surface area (TPSA) is 52.2 Å². The Hall–Kier alpha value is -1.34. The van der Waals surface area contributed by atoms with E-state index in [0.29, 0.717) is 5.49 Å². The number of aromatic amines is 1. The number of hydrogen-bond donors (Lipinski definition) is 1. The number of rotatable bonds is 0. The number of aryl methyl sites for hydroxylation is 1. The normalized spacial score (nSPS) is 9.00. The Morgan fingerprint density at radius 2 is 2.20 bits per heavy atom. The van der Waals surface area contributed by atoms with Crippen LogP contribution in [-0.4, -0.2) is 9.77 Å². The van der Waals surface area contributed by atoms with Gasteiger partial charge in [-0.2, -0.15) is 0 Å². The van der Waals surface area contributed by atoms with Gasteiger partial charge in [0.15, 0.2) is 0 Å². The first-order chi connectivity index (χ1) is 4.75. The standard InChI is InChI=1S/C7H9N3/c1-5-3-4-9-7(10-8)6(5)2/h3-4,9H,1-2H3. The van der Waals surface area contributed by atoms with Gasteiger partial charge >= 0.3 is 5.49 Å². The van der Waals surface area contributed by atoms with E-state index in [-0.39, 0.29) is 0 Å². The Morgan fingerprint density at radius 1 is 1.50 bits per heavy atom. The molecule has 0 bridgehead atoms. The predicted molar refractivity (Wildman–Crippen MR) is 37.0 cm³/mol. The molecule has 3 heteroatoms. The Labute approximate surface area is 59.0 Å². The lowest BCUT2D eigenvalue weighted by atomic mass is 10.2. The second kappa shape index (κ2) is 2.50. The predicted octanol–water partition coefficient (Wildman–Crippen LogP) is 0.762. The molecule has 1 rings (SSSR count). The molecular formula is C7H9N3. The Morgan fingerprint density at radius 3 is 2.70 bits per heavy atom. The summed E-state index contributed by atoms with van der Waals surface area (Å²) in [7, 11) is 0. The molecule has 1 heterocycles. The second-order valence-electron chi connectivity index (χ2n) is 2.23. The average Bonchev–Trinajstić information content (AvgIpc) is 1.95. The maximum absolute atomic E-state index is 8.44. The van der Waals surface area contributed by atoms with Crippen LogP contribution in [0.4, 0.5) is 0 Å². The molecule has 3 nitrogen and oxygen atoms in total. The van der Waals surface area contributed by atoms with Crippen LogP contribution in [0.1, 0.15) is 11.1 Å². The van der Waals surface area contributed by atoms with Crippen LogP contribution in [0.2, 0.25) is 0 Å². The number of H-pyrrole nitrogens is 1. The molecule has 0 saturated heterocycles. The molecule has 0 aliphatic rings. The lowest BCUT2D eigenvalue weighted by molar-refractivity contribution is -0.0731. The SMILES string of the molecule is Cc1cc[nH]c(=[N+]=[N-])c1C. The van der Waals surface area contributed by atoms with E-state index in [1.165, 1.54) is 0 Å². The summed E-state index contributed by atoms with van der Waals surface area (Å²) in [5.41, 5.74) is 11.1. The third-order valence-corrected chi connectivity index (χ3v) is 1.60. The van der Waals surface area contributed by atoms with E-state index >= 15 is 0 Å². The molecule has 0 saturated carbocycles. The maximum Gasteiger partial charge on any atom is 0.360 e. The van der Waals surface area contributed by atoms with Gasteiger partial charge in [0.2, 0.25) is 0 Å². The second-order valence-corrected chi connectivity index (χ2v) is 2.23. The molecule has 0 spiro atoms. The molecule has 0 radical (unpaired) electrons. The van der Waals surface area contributed by atoms with E-state index in [0.717, 1.165) is 11.1 Å². The first-order valence-corrected chi connectivity index (χ1v) is 3.08. The van der Waals surface area contributed by atoms with Crippen molar-refractivity contribution >= 4 is 0 Å². The van der Waals surface area contributed by atoms with Gasteiger partial charge < -0.3 is 10.3 Å². The molecule has 0 fully saturated rings. The molecule has 1 N–H and O–H groups in total. The number of nitrogens with zero attached hydrogens (tertiary/aromatic N) is 2. The lowest BCUT2D eigenvalue weighted by Gasteiger charge is -1.90. The van der Waals surface area contributed by atoms with E-state index in [2.05, 4.69) is 9.77 Å². The van der Waals surface area contributed by atoms with Crippen LogP contribution in [0.5, 0.6) is 0 Å². The van der Waals surface area contributed by atoms with Gasteiger partial charge in [-0.05, 0) is 25.5 Å². The van der Waals surface area contributed by atoms with Crippen LogP contribution >= 0.6 is 0 Å². The molecular weight excluding hydrogens is 126 g/mol. The minimum absolute atomic E-state index is 0.528. The molecule has 0 amide bonds. The summed E-state index contributed by atoms with van der Waals surface area (Å²) < 4.78 is 0. The van der Waals surface area contributed by atoms with E-state index in [4.69, 9.17) is 5.53 Å². The molecule has 1 aromatic rings. The van der Waals surface area contributed by atoms with Gasteiger partial charge in [0.05, 0.1) is 11.8 Å². The molecule has 52 valence electrons. The van der Waals surface area contributed by atoms with Gasteiger partial charge in [0, 0.05) is 0 Å². The summed E-state index contributed by atoms with van der Waals surface area (Å²) in [6.45, 7) is 3.87. The van der Waals surface area contributed by atoms with Gasteiger partial charge in [-0.25, -0.2) is 4.98 Å². The number of nitrogens with one attached hydrogen (secondary N) is 1. The minimum atomic E-state index is 0.528. The van der Waals surface area contributed by atoms with Crippen molar-refractivity contribution in [3.63, 3.8) is 0 Å². The highest BCUT2D eigenvalue weighted by atomic mass is 14.9. The first kappa shape index (κ1) is 6.78. The Balaban J connectivity index is 3.58. The van der Waals surface area contributed by atoms with Gasteiger partial charge in [-0.15, -0.1) is 0 Å². The van der Waals surface area contributed by atoms with E-state index < -0.39 is 0 Å². The fraction of sp³-hybridized carbons (Fsp3) is 0.286. The molecule has 10 heavy (non-hydrogen) atoms. The zero-order chi connectivity index (χ0) is 7.56. The van der Waals surface area contributed by atoms with Gasteiger partial charge in [-0.3, -0.25) is 0 Å². The van der Waals surface area contributed by atoms with Crippen molar-refractivity contribution in [3.8, 4) is 0 Å². The third kappa shape index (κ3) is 0.993. The zero-order valence-electron chi connectivity index (χ0n) is 6.05. The van der Waals surface area contributed by atoms with Crippen LogP contribution in [0.3, 0.4) is 0 Å². The Kier molecular flexibility index (Phi) is 1.69. The first-order valence-electron chi connectivity index (χ1n) is 3.08. The van der Waals surface area contributed by atoms with Gasteiger partial charge in [-0.1, -0.05) is 0 Å². The minimum Gasteiger partial charge on any atom is -0.497 e. The van der Waals surface area contributed by atoms with Crippen molar-refractivity contribution < 1.29 is 4.79 Å².